The maximum atomic E-state index is 10.4. The maximum absolute atomic E-state index is 10.4. The first-order valence-electron chi connectivity index (χ1n) is 10.7. The molecule has 34 heavy (non-hydrogen) atoms. The summed E-state index contributed by atoms with van der Waals surface area (Å²) in [4.78, 5) is 0. The lowest BCUT2D eigenvalue weighted by molar-refractivity contribution is 0.221. The summed E-state index contributed by atoms with van der Waals surface area (Å²) in [5.41, 5.74) is 3.78. The molecule has 1 aliphatic rings. The quantitative estimate of drug-likeness (QED) is 0.255. The third kappa shape index (κ3) is 4.09. The zero-order chi connectivity index (χ0) is 23.8. The Morgan fingerprint density at radius 1 is 0.559 bits per heavy atom. The van der Waals surface area contributed by atoms with Crippen molar-refractivity contribution in [2.75, 3.05) is 0 Å². The van der Waals surface area contributed by atoms with Crippen molar-refractivity contribution in [2.24, 2.45) is 0 Å². The molecule has 2 atom stereocenters. The summed E-state index contributed by atoms with van der Waals surface area (Å²) in [7, 11) is 0. The first kappa shape index (κ1) is 21.3. The number of phenols is 5. The maximum Gasteiger partial charge on any atom is 0.135 e. The van der Waals surface area contributed by atoms with Crippen molar-refractivity contribution in [1.29, 1.82) is 0 Å². The average molecular weight is 454 g/mol. The number of phenolic OH excluding ortho intramolecular Hbond substituents is 5. The van der Waals surface area contributed by atoms with Gasteiger partial charge < -0.3 is 30.3 Å². The number of hydrogen-bond acceptors (Lipinski definition) is 6. The van der Waals surface area contributed by atoms with E-state index in [4.69, 9.17) is 4.74 Å². The Balaban J connectivity index is 1.67. The van der Waals surface area contributed by atoms with Crippen molar-refractivity contribution >= 4 is 12.2 Å². The predicted molar refractivity (Wildman–Crippen MR) is 128 cm³/mol. The molecular weight excluding hydrogens is 432 g/mol. The van der Waals surface area contributed by atoms with E-state index in [0.717, 1.165) is 16.7 Å². The molecule has 6 heteroatoms. The van der Waals surface area contributed by atoms with E-state index in [1.807, 2.05) is 12.2 Å². The summed E-state index contributed by atoms with van der Waals surface area (Å²) in [5.74, 6) is 0.243. The molecule has 0 saturated heterocycles. The largest absolute Gasteiger partial charge is 0.508 e. The molecule has 0 saturated carbocycles. The van der Waals surface area contributed by atoms with Crippen LogP contribution in [0.3, 0.4) is 0 Å². The molecule has 1 heterocycles. The van der Waals surface area contributed by atoms with Crippen LogP contribution in [0.4, 0.5) is 0 Å². The van der Waals surface area contributed by atoms with Gasteiger partial charge in [0.15, 0.2) is 0 Å². The van der Waals surface area contributed by atoms with Crippen LogP contribution in [0.5, 0.6) is 34.5 Å². The number of fused-ring (bicyclic) bond motifs is 1. The van der Waals surface area contributed by atoms with Crippen LogP contribution < -0.4 is 4.74 Å². The molecule has 0 aliphatic carbocycles. The second kappa shape index (κ2) is 8.41. The molecule has 4 aromatic carbocycles. The van der Waals surface area contributed by atoms with Gasteiger partial charge in [-0.15, -0.1) is 0 Å². The van der Waals surface area contributed by atoms with Crippen molar-refractivity contribution in [3.63, 3.8) is 0 Å². The SMILES string of the molecule is Oc1ccc(C=Cc2cc(O)cc3c2[C@H](c2cc(O)cc(O)c2)[C@@H](c2ccc(O)cc2)O3)cc1. The molecule has 4 aromatic rings. The molecule has 170 valence electrons. The molecule has 0 radical (unpaired) electrons. The van der Waals surface area contributed by atoms with Gasteiger partial charge in [0, 0.05) is 17.7 Å². The Bertz CT molecular complexity index is 1350. The van der Waals surface area contributed by atoms with Gasteiger partial charge in [-0.25, -0.2) is 0 Å². The predicted octanol–water partition coefficient (Wildman–Crippen LogP) is 5.65. The highest BCUT2D eigenvalue weighted by atomic mass is 16.5. The van der Waals surface area contributed by atoms with E-state index < -0.39 is 12.0 Å². The third-order valence-electron chi connectivity index (χ3n) is 5.88. The minimum absolute atomic E-state index is 0.0352. The van der Waals surface area contributed by atoms with Crippen LogP contribution in [0, 0.1) is 0 Å². The van der Waals surface area contributed by atoms with Gasteiger partial charge in [0.25, 0.3) is 0 Å². The van der Waals surface area contributed by atoms with Gasteiger partial charge in [0.2, 0.25) is 0 Å². The van der Waals surface area contributed by atoms with Crippen LogP contribution in [-0.2, 0) is 0 Å². The Kier molecular flexibility index (Phi) is 5.26. The van der Waals surface area contributed by atoms with Crippen LogP contribution >= 0.6 is 0 Å². The highest BCUT2D eigenvalue weighted by Crippen LogP contribution is 2.53. The molecule has 5 rings (SSSR count). The van der Waals surface area contributed by atoms with Crippen molar-refractivity contribution in [3.8, 4) is 34.5 Å². The van der Waals surface area contributed by atoms with E-state index in [-0.39, 0.29) is 28.7 Å². The Morgan fingerprint density at radius 3 is 1.79 bits per heavy atom. The van der Waals surface area contributed by atoms with Gasteiger partial charge in [0.1, 0.15) is 40.6 Å². The molecule has 0 unspecified atom stereocenters. The normalized spacial score (nSPS) is 16.9. The highest BCUT2D eigenvalue weighted by Gasteiger charge is 2.39. The standard InChI is InChI=1S/C28H22O6/c29-20-7-2-16(3-8-20)1-4-18-11-24(33)15-25-26(18)27(19-12-22(31)14-23(32)13-19)28(34-25)17-5-9-21(30)10-6-17/h1-15,27-33H/t27-,28+/m0/s1. The van der Waals surface area contributed by atoms with E-state index in [1.165, 1.54) is 6.07 Å². The molecule has 0 amide bonds. The Morgan fingerprint density at radius 2 is 1.15 bits per heavy atom. The van der Waals surface area contributed by atoms with E-state index in [0.29, 0.717) is 16.9 Å². The number of benzene rings is 4. The molecule has 6 nitrogen and oxygen atoms in total. The fourth-order valence-electron chi connectivity index (χ4n) is 4.39. The van der Waals surface area contributed by atoms with Crippen LogP contribution in [0.1, 0.15) is 39.8 Å². The lowest BCUT2D eigenvalue weighted by Gasteiger charge is -2.21. The molecular formula is C28H22O6. The first-order chi connectivity index (χ1) is 16.4. The molecule has 0 bridgehead atoms. The monoisotopic (exact) mass is 454 g/mol. The second-order valence-electron chi connectivity index (χ2n) is 8.26. The number of rotatable bonds is 4. The van der Waals surface area contributed by atoms with Crippen LogP contribution in [0.25, 0.3) is 12.2 Å². The van der Waals surface area contributed by atoms with Crippen molar-refractivity contribution in [3.05, 3.63) is 107 Å². The molecule has 1 aliphatic heterocycles. The molecule has 0 aromatic heterocycles. The number of ether oxygens (including phenoxy) is 1. The molecule has 0 spiro atoms. The fourth-order valence-corrected chi connectivity index (χ4v) is 4.39. The Labute approximate surface area is 195 Å². The second-order valence-corrected chi connectivity index (χ2v) is 8.26. The first-order valence-corrected chi connectivity index (χ1v) is 10.7. The zero-order valence-electron chi connectivity index (χ0n) is 18.0. The minimum atomic E-state index is -0.528. The van der Waals surface area contributed by atoms with Crippen LogP contribution in [0.15, 0.2) is 78.9 Å². The fraction of sp³-hybridized carbons (Fsp3) is 0.0714. The lowest BCUT2D eigenvalue weighted by Crippen LogP contribution is -2.11. The van der Waals surface area contributed by atoms with Crippen LogP contribution in [0.2, 0.25) is 0 Å². The summed E-state index contributed by atoms with van der Waals surface area (Å²) < 4.78 is 6.30. The minimum Gasteiger partial charge on any atom is -0.508 e. The van der Waals surface area contributed by atoms with Gasteiger partial charge in [-0.05, 0) is 64.7 Å². The number of hydrogen-bond donors (Lipinski definition) is 5. The van der Waals surface area contributed by atoms with E-state index >= 15 is 0 Å². The van der Waals surface area contributed by atoms with Crippen molar-refractivity contribution in [1.82, 2.24) is 0 Å². The van der Waals surface area contributed by atoms with Gasteiger partial charge in [0.05, 0.1) is 5.92 Å². The summed E-state index contributed by atoms with van der Waals surface area (Å²) >= 11 is 0. The topological polar surface area (TPSA) is 110 Å². The Hall–Kier alpha value is -4.58. The third-order valence-corrected chi connectivity index (χ3v) is 5.88. The lowest BCUT2D eigenvalue weighted by atomic mass is 9.82. The smallest absolute Gasteiger partial charge is 0.135 e. The molecule has 5 N–H and O–H groups in total. The zero-order valence-corrected chi connectivity index (χ0v) is 18.0. The van der Waals surface area contributed by atoms with Crippen LogP contribution in [-0.4, -0.2) is 25.5 Å². The van der Waals surface area contributed by atoms with Crippen molar-refractivity contribution in [2.45, 2.75) is 12.0 Å². The van der Waals surface area contributed by atoms with E-state index in [2.05, 4.69) is 0 Å². The van der Waals surface area contributed by atoms with E-state index in [9.17, 15) is 25.5 Å². The summed E-state index contributed by atoms with van der Waals surface area (Å²) in [5, 5.41) is 50.0. The van der Waals surface area contributed by atoms with E-state index in [1.54, 1.807) is 72.8 Å². The van der Waals surface area contributed by atoms with Gasteiger partial charge in [-0.2, -0.15) is 0 Å². The number of aromatic hydroxyl groups is 5. The average Bonchev–Trinajstić information content (AvgIpc) is 3.17. The summed E-state index contributed by atoms with van der Waals surface area (Å²) in [6, 6.07) is 21.0. The highest BCUT2D eigenvalue weighted by molar-refractivity contribution is 5.75. The summed E-state index contributed by atoms with van der Waals surface area (Å²) in [6.07, 6.45) is 3.18. The van der Waals surface area contributed by atoms with Crippen molar-refractivity contribution < 1.29 is 30.3 Å². The summed E-state index contributed by atoms with van der Waals surface area (Å²) in [6.45, 7) is 0. The van der Waals surface area contributed by atoms with Gasteiger partial charge >= 0.3 is 0 Å². The van der Waals surface area contributed by atoms with Gasteiger partial charge in [-0.1, -0.05) is 36.4 Å². The molecule has 0 fully saturated rings. The van der Waals surface area contributed by atoms with Gasteiger partial charge in [-0.3, -0.25) is 0 Å².